The van der Waals surface area contributed by atoms with Gasteiger partial charge in [-0.15, -0.1) is 20.4 Å². The fourth-order valence-corrected chi connectivity index (χ4v) is 5.80. The molecule has 2 aliphatic heterocycles. The molecule has 38 heavy (non-hydrogen) atoms. The summed E-state index contributed by atoms with van der Waals surface area (Å²) in [4.78, 5) is 15.1. The van der Waals surface area contributed by atoms with E-state index in [2.05, 4.69) is 48.7 Å². The standard InChI is InChI=1S/C26H24ClN7O3S/c1-2-36-22(35)16-34-31-23(28-32-34)24-29-30-25(38-24)33-13-11-26(12-14-33)15-19(17-7-3-5-9-20(17)27)18-8-4-6-10-21(18)37-26/h3-10,15H,2,11-14,16H2,1H3. The summed E-state index contributed by atoms with van der Waals surface area (Å²) in [5.41, 5.74) is 2.71. The van der Waals surface area contributed by atoms with E-state index < -0.39 is 11.6 Å². The molecule has 6 rings (SSSR count). The van der Waals surface area contributed by atoms with E-state index in [1.165, 1.54) is 16.1 Å². The van der Waals surface area contributed by atoms with Crippen LogP contribution in [0.1, 0.15) is 30.9 Å². The first kappa shape index (κ1) is 24.5. The van der Waals surface area contributed by atoms with E-state index in [0.717, 1.165) is 58.5 Å². The third kappa shape index (κ3) is 4.74. The van der Waals surface area contributed by atoms with Crippen molar-refractivity contribution in [3.63, 3.8) is 0 Å². The van der Waals surface area contributed by atoms with Crippen LogP contribution in [-0.4, -0.2) is 61.7 Å². The Morgan fingerprint density at radius 1 is 1.08 bits per heavy atom. The number of para-hydroxylation sites is 1. The largest absolute Gasteiger partial charge is 0.482 e. The van der Waals surface area contributed by atoms with Gasteiger partial charge in [-0.05, 0) is 35.9 Å². The Morgan fingerprint density at radius 2 is 1.84 bits per heavy atom. The van der Waals surface area contributed by atoms with E-state index in [9.17, 15) is 4.79 Å². The van der Waals surface area contributed by atoms with Crippen molar-refractivity contribution in [1.82, 2.24) is 30.4 Å². The number of rotatable bonds is 6. The molecule has 2 aromatic heterocycles. The van der Waals surface area contributed by atoms with Crippen molar-refractivity contribution in [1.29, 1.82) is 0 Å². The van der Waals surface area contributed by atoms with Crippen LogP contribution in [0.4, 0.5) is 5.13 Å². The number of nitrogens with zero attached hydrogens (tertiary/aromatic N) is 7. The van der Waals surface area contributed by atoms with Gasteiger partial charge >= 0.3 is 5.97 Å². The monoisotopic (exact) mass is 549 g/mol. The summed E-state index contributed by atoms with van der Waals surface area (Å²) < 4.78 is 11.5. The highest BCUT2D eigenvalue weighted by Gasteiger charge is 2.40. The third-order valence-corrected chi connectivity index (χ3v) is 7.89. The number of esters is 1. The minimum Gasteiger partial charge on any atom is -0.482 e. The summed E-state index contributed by atoms with van der Waals surface area (Å²) in [7, 11) is 0. The number of ether oxygens (including phenoxy) is 2. The molecule has 1 spiro atoms. The van der Waals surface area contributed by atoms with Gasteiger partial charge in [-0.2, -0.15) is 4.80 Å². The molecule has 0 radical (unpaired) electrons. The number of benzene rings is 2. The molecule has 4 heterocycles. The van der Waals surface area contributed by atoms with Crippen LogP contribution in [0.5, 0.6) is 5.75 Å². The molecular formula is C26H24ClN7O3S. The molecule has 194 valence electrons. The van der Waals surface area contributed by atoms with E-state index >= 15 is 0 Å². The predicted octanol–water partition coefficient (Wildman–Crippen LogP) is 4.27. The Hall–Kier alpha value is -3.83. The van der Waals surface area contributed by atoms with Crippen molar-refractivity contribution in [2.24, 2.45) is 0 Å². The number of piperidine rings is 1. The number of hydrogen-bond acceptors (Lipinski definition) is 10. The molecule has 1 saturated heterocycles. The van der Waals surface area contributed by atoms with Gasteiger partial charge in [0.2, 0.25) is 11.0 Å². The topological polar surface area (TPSA) is 108 Å². The molecule has 0 unspecified atom stereocenters. The third-order valence-electron chi connectivity index (χ3n) is 6.58. The molecular weight excluding hydrogens is 526 g/mol. The molecule has 2 aromatic carbocycles. The van der Waals surface area contributed by atoms with Gasteiger partial charge in [-0.25, -0.2) is 4.79 Å². The highest BCUT2D eigenvalue weighted by atomic mass is 35.5. The molecule has 0 bridgehead atoms. The summed E-state index contributed by atoms with van der Waals surface area (Å²) in [6.07, 6.45) is 3.79. The number of carbonyl (C=O) groups excluding carboxylic acids is 1. The van der Waals surface area contributed by atoms with Crippen LogP contribution in [0.2, 0.25) is 5.02 Å². The SMILES string of the molecule is CCOC(=O)Cn1nnc(-c2nnc(N3CCC4(C=C(c5ccccc5Cl)c5ccccc5O4)CC3)s2)n1. The maximum Gasteiger partial charge on any atom is 0.329 e. The average Bonchev–Trinajstić information content (AvgIpc) is 3.59. The van der Waals surface area contributed by atoms with Crippen LogP contribution >= 0.6 is 22.9 Å². The van der Waals surface area contributed by atoms with Crippen LogP contribution in [0, 0.1) is 0 Å². The van der Waals surface area contributed by atoms with Gasteiger partial charge in [0.05, 0.1) is 6.61 Å². The van der Waals surface area contributed by atoms with E-state index in [0.29, 0.717) is 17.4 Å². The van der Waals surface area contributed by atoms with E-state index in [1.807, 2.05) is 36.4 Å². The lowest BCUT2D eigenvalue weighted by Gasteiger charge is -2.43. The number of tetrazole rings is 1. The zero-order chi connectivity index (χ0) is 26.1. The van der Waals surface area contributed by atoms with Gasteiger partial charge in [0.15, 0.2) is 11.6 Å². The Labute approximate surface area is 227 Å². The number of anilines is 1. The zero-order valence-electron chi connectivity index (χ0n) is 20.6. The average molecular weight is 550 g/mol. The number of fused-ring (bicyclic) bond motifs is 1. The maximum atomic E-state index is 11.7. The molecule has 4 aromatic rings. The first-order chi connectivity index (χ1) is 18.5. The highest BCUT2D eigenvalue weighted by Crippen LogP contribution is 2.45. The fraction of sp³-hybridized carbons (Fsp3) is 0.308. The first-order valence-electron chi connectivity index (χ1n) is 12.3. The molecule has 1 fully saturated rings. The van der Waals surface area contributed by atoms with E-state index in [4.69, 9.17) is 21.1 Å². The Kier molecular flexibility index (Phi) is 6.54. The normalized spacial score (nSPS) is 16.1. The lowest BCUT2D eigenvalue weighted by molar-refractivity contribution is -0.144. The number of aromatic nitrogens is 6. The van der Waals surface area contributed by atoms with E-state index in [-0.39, 0.29) is 6.54 Å². The molecule has 0 N–H and O–H groups in total. The Bertz CT molecular complexity index is 1510. The van der Waals surface area contributed by atoms with Crippen LogP contribution < -0.4 is 9.64 Å². The number of hydrogen-bond donors (Lipinski definition) is 0. The van der Waals surface area contributed by atoms with E-state index in [1.54, 1.807) is 6.92 Å². The smallest absolute Gasteiger partial charge is 0.329 e. The first-order valence-corrected chi connectivity index (χ1v) is 13.5. The van der Waals surface area contributed by atoms with Gasteiger partial charge in [-0.3, -0.25) is 0 Å². The van der Waals surface area contributed by atoms with Crippen LogP contribution in [0.3, 0.4) is 0 Å². The number of carbonyl (C=O) groups is 1. The second-order valence-electron chi connectivity index (χ2n) is 9.03. The molecule has 0 amide bonds. The fourth-order valence-electron chi connectivity index (χ4n) is 4.74. The summed E-state index contributed by atoms with van der Waals surface area (Å²) in [6.45, 7) is 3.42. The van der Waals surface area contributed by atoms with Gasteiger partial charge in [0.1, 0.15) is 11.4 Å². The summed E-state index contributed by atoms with van der Waals surface area (Å²) >= 11 is 8.00. The maximum absolute atomic E-state index is 11.7. The van der Waals surface area contributed by atoms with Crippen molar-refractivity contribution >= 4 is 39.6 Å². The summed E-state index contributed by atoms with van der Waals surface area (Å²) in [5, 5.41) is 22.8. The van der Waals surface area contributed by atoms with Crippen LogP contribution in [-0.2, 0) is 16.1 Å². The minimum atomic E-state index is -0.440. The summed E-state index contributed by atoms with van der Waals surface area (Å²) in [6, 6.07) is 16.0. The van der Waals surface area contributed by atoms with Crippen molar-refractivity contribution in [3.8, 4) is 16.6 Å². The molecule has 12 heteroatoms. The molecule has 2 aliphatic rings. The highest BCUT2D eigenvalue weighted by molar-refractivity contribution is 7.18. The van der Waals surface area contributed by atoms with Gasteiger partial charge in [0, 0.05) is 42.1 Å². The lowest BCUT2D eigenvalue weighted by atomic mass is 9.83. The molecule has 10 nitrogen and oxygen atoms in total. The second-order valence-corrected chi connectivity index (χ2v) is 10.4. The zero-order valence-corrected chi connectivity index (χ0v) is 22.2. The Morgan fingerprint density at radius 3 is 2.63 bits per heavy atom. The van der Waals surface area contributed by atoms with Crippen LogP contribution in [0.25, 0.3) is 16.4 Å². The minimum absolute atomic E-state index is 0.104. The molecule has 0 atom stereocenters. The van der Waals surface area contributed by atoms with Gasteiger partial charge < -0.3 is 14.4 Å². The summed E-state index contributed by atoms with van der Waals surface area (Å²) in [5.74, 6) is 0.774. The van der Waals surface area contributed by atoms with Gasteiger partial charge in [-0.1, -0.05) is 59.3 Å². The van der Waals surface area contributed by atoms with Crippen LogP contribution in [0.15, 0.2) is 54.6 Å². The van der Waals surface area contributed by atoms with Gasteiger partial charge in [0.25, 0.3) is 0 Å². The predicted molar refractivity (Wildman–Crippen MR) is 143 cm³/mol. The number of halogens is 1. The molecule has 0 aliphatic carbocycles. The van der Waals surface area contributed by atoms with Crippen molar-refractivity contribution in [2.45, 2.75) is 31.9 Å². The van der Waals surface area contributed by atoms with Crippen molar-refractivity contribution in [2.75, 3.05) is 24.6 Å². The Balaban J connectivity index is 1.19. The quantitative estimate of drug-likeness (QED) is 0.326. The lowest BCUT2D eigenvalue weighted by Crippen LogP contribution is -2.48. The van der Waals surface area contributed by atoms with Crippen molar-refractivity contribution < 1.29 is 14.3 Å². The second kappa shape index (κ2) is 10.1. The molecule has 0 saturated carbocycles. The van der Waals surface area contributed by atoms with Crippen molar-refractivity contribution in [3.05, 3.63) is 70.8 Å².